The van der Waals surface area contributed by atoms with Crippen LogP contribution in [-0.4, -0.2) is 173 Å². The van der Waals surface area contributed by atoms with E-state index in [1.807, 2.05) is 70.3 Å². The number of Topliss-reactive ketones (excluding diaryl/α,β-unsaturated/α-hetero) is 2. The molecule has 2 aliphatic rings. The summed E-state index contributed by atoms with van der Waals surface area (Å²) in [7, 11) is 4.76. The zero-order valence-corrected chi connectivity index (χ0v) is 60.6. The van der Waals surface area contributed by atoms with E-state index in [4.69, 9.17) is 19.9 Å². The van der Waals surface area contributed by atoms with E-state index >= 15 is 0 Å². The summed E-state index contributed by atoms with van der Waals surface area (Å²) in [5, 5.41) is 16.4. The van der Waals surface area contributed by atoms with Crippen molar-refractivity contribution in [3.8, 4) is 0 Å². The maximum absolute atomic E-state index is 14.8. The van der Waals surface area contributed by atoms with Gasteiger partial charge in [0.15, 0.2) is 11.6 Å². The molecule has 26 heteroatoms. The number of methoxy groups -OCH3 is 2. The molecule has 0 spiro atoms. The number of carbonyl (C=O) groups is 11. The second kappa shape index (κ2) is 39.3. The van der Waals surface area contributed by atoms with Crippen molar-refractivity contribution in [3.05, 3.63) is 82.3 Å². The molecule has 7 N–H and O–H groups in total. The van der Waals surface area contributed by atoms with Gasteiger partial charge in [-0.2, -0.15) is 11.8 Å². The highest BCUT2D eigenvalue weighted by molar-refractivity contribution is 8.00. The first-order chi connectivity index (χ1) is 46.0. The van der Waals surface area contributed by atoms with Crippen LogP contribution in [0.2, 0.25) is 0 Å². The summed E-state index contributed by atoms with van der Waals surface area (Å²) in [5.74, 6) is -5.72. The van der Waals surface area contributed by atoms with Gasteiger partial charge >= 0.3 is 12.1 Å². The number of primary amides is 1. The lowest BCUT2D eigenvalue weighted by molar-refractivity contribution is -0.149. The van der Waals surface area contributed by atoms with Gasteiger partial charge in [0.1, 0.15) is 11.6 Å². The summed E-state index contributed by atoms with van der Waals surface area (Å²) in [6.45, 7) is 16.9. The summed E-state index contributed by atoms with van der Waals surface area (Å²) < 4.78 is 17.8. The van der Waals surface area contributed by atoms with Crippen LogP contribution < -0.4 is 32.3 Å². The molecule has 10 amide bonds. The van der Waals surface area contributed by atoms with Gasteiger partial charge < -0.3 is 56.3 Å². The molecule has 2 fully saturated rings. The number of aromatic nitrogens is 1. The van der Waals surface area contributed by atoms with Gasteiger partial charge in [0.05, 0.1) is 59.5 Å². The van der Waals surface area contributed by atoms with Crippen LogP contribution in [0, 0.1) is 35.5 Å². The maximum atomic E-state index is 14.8. The molecule has 1 unspecified atom stereocenters. The highest BCUT2D eigenvalue weighted by Gasteiger charge is 2.45. The fraction of sp³-hybridized carbons (Fsp3) is 0.634. The summed E-state index contributed by atoms with van der Waals surface area (Å²) in [6, 6.07) is 13.4. The molecule has 2 saturated heterocycles. The van der Waals surface area contributed by atoms with Gasteiger partial charge in [-0.1, -0.05) is 104 Å². The Morgan fingerprint density at radius 3 is 2.14 bits per heavy atom. The van der Waals surface area contributed by atoms with Gasteiger partial charge in [0, 0.05) is 95.7 Å². The van der Waals surface area contributed by atoms with Crippen LogP contribution >= 0.6 is 23.1 Å². The predicted octanol–water partition coefficient (Wildman–Crippen LogP) is 8.55. The van der Waals surface area contributed by atoms with Gasteiger partial charge in [0.2, 0.25) is 41.4 Å². The number of likely N-dealkylation sites (N-methyl/N-ethyl adjacent to an activating group) is 1. The maximum Gasteiger partial charge on any atom is 0.408 e. The number of hydrogen-bond donors (Lipinski definition) is 6. The molecule has 0 bridgehead atoms. The van der Waals surface area contributed by atoms with Gasteiger partial charge in [-0.05, 0) is 106 Å². The number of hydrogen-bond acceptors (Lipinski definition) is 17. The molecule has 11 atom stereocenters. The molecule has 97 heavy (non-hydrogen) atoms. The number of benzene rings is 2. The van der Waals surface area contributed by atoms with Gasteiger partial charge in [-0.3, -0.25) is 48.1 Å². The summed E-state index contributed by atoms with van der Waals surface area (Å²) in [4.78, 5) is 157. The van der Waals surface area contributed by atoms with Crippen LogP contribution in [0.3, 0.4) is 0 Å². The molecule has 2 aliphatic heterocycles. The molecular formula is C71H106N10O14S2. The average Bonchev–Trinajstić information content (AvgIpc) is 1.83. The van der Waals surface area contributed by atoms with Crippen LogP contribution in [0.1, 0.15) is 168 Å². The van der Waals surface area contributed by atoms with E-state index in [1.54, 1.807) is 88.4 Å². The monoisotopic (exact) mass is 1390 g/mol. The number of alkyl carbamates (subject to hydrolysis) is 1. The number of carbonyl (C=O) groups excluding carboxylic acids is 11. The van der Waals surface area contributed by atoms with Crippen molar-refractivity contribution in [2.75, 3.05) is 52.5 Å². The number of urea groups is 1. The van der Waals surface area contributed by atoms with Crippen molar-refractivity contribution in [2.45, 2.75) is 206 Å². The lowest BCUT2D eigenvalue weighted by Crippen LogP contribution is -2.55. The summed E-state index contributed by atoms with van der Waals surface area (Å²) >= 11 is 2.83. The van der Waals surface area contributed by atoms with E-state index in [2.05, 4.69) is 31.6 Å². The number of anilines is 1. The third kappa shape index (κ3) is 24.0. The summed E-state index contributed by atoms with van der Waals surface area (Å²) in [5.41, 5.74) is 5.77. The number of ketones is 2. The van der Waals surface area contributed by atoms with E-state index in [-0.39, 0.29) is 122 Å². The number of thioether (sulfide) groups is 1. The molecular weight excluding hydrogens is 1280 g/mol. The van der Waals surface area contributed by atoms with Crippen molar-refractivity contribution in [3.63, 3.8) is 0 Å². The predicted molar refractivity (Wildman–Crippen MR) is 374 cm³/mol. The Labute approximate surface area is 580 Å². The smallest absolute Gasteiger partial charge is 0.408 e. The number of nitrogens with zero attached hydrogens (tertiary/aromatic N) is 4. The van der Waals surface area contributed by atoms with E-state index in [0.29, 0.717) is 75.7 Å². The Hall–Kier alpha value is -7.29. The van der Waals surface area contributed by atoms with Crippen LogP contribution in [0.4, 0.5) is 15.3 Å². The zero-order chi connectivity index (χ0) is 71.7. The number of nitrogens with two attached hydrogens (primary N) is 1. The molecule has 5 rings (SSSR count). The zero-order valence-electron chi connectivity index (χ0n) is 59.0. The quantitative estimate of drug-likeness (QED) is 0.0229. The Bertz CT molecular complexity index is 3100. The Kier molecular flexibility index (Phi) is 32.6. The number of amides is 10. The molecule has 3 aromatic rings. The normalized spacial score (nSPS) is 17.7. The first-order valence-corrected chi connectivity index (χ1v) is 36.2. The second-order valence-corrected chi connectivity index (χ2v) is 28.9. The van der Waals surface area contributed by atoms with Crippen molar-refractivity contribution in [2.24, 2.45) is 41.2 Å². The van der Waals surface area contributed by atoms with Crippen LogP contribution in [0.5, 0.6) is 0 Å². The lowest BCUT2D eigenvalue weighted by Gasteiger charge is -2.41. The van der Waals surface area contributed by atoms with Gasteiger partial charge in [0.25, 0.3) is 0 Å². The minimum absolute atomic E-state index is 0.0558. The van der Waals surface area contributed by atoms with Crippen molar-refractivity contribution in [1.29, 1.82) is 0 Å². The number of nitrogens with one attached hydrogen (secondary N) is 5. The number of thiazole rings is 1. The highest BCUT2D eigenvalue weighted by Crippen LogP contribution is 2.33. The molecule has 0 aliphatic carbocycles. The Morgan fingerprint density at radius 2 is 1.55 bits per heavy atom. The number of imide groups is 1. The standard InChI is InChI=1S/C71H106N10O14S2/c1-14-45(6)62(55(93-11)40-59(85)80-35-22-26-53(80)63(94-12)46(7)64(87)76-52(66-73-33-36-97-66)37-47-23-17-15-18-24-47)79(10)67(89)51(43(2)3)39-57(83)71(8,9)78-70(92)95-42-48-28-30-50(31-29-48)75-65(88)49(25-21-32-74-69(72)91)38-54(82)61(44(4)5)77-58(84)27-19-16-20-34-81-60(86)41-56(96-13)68(81)90/h15,17-18,23-24,28-31,33,36,43-46,49,51-53,55-56,61-63H,14,16,19-22,25-27,32,34-35,37-42H2,1-13H3,(H,75,88)(H,76,87)(H,77,84)(H,78,92)(H3,72,74,91)/t45-,46+,49+,51-,52-,53-,55+,56?,61-,62-,63+/m0/s1. The molecule has 2 aromatic carbocycles. The molecule has 536 valence electrons. The first kappa shape index (κ1) is 80.4. The molecule has 0 saturated carbocycles. The van der Waals surface area contributed by atoms with Crippen molar-refractivity contribution in [1.82, 2.24) is 41.0 Å². The van der Waals surface area contributed by atoms with Crippen LogP contribution in [-0.2, 0) is 70.4 Å². The topological polar surface area (TPSA) is 324 Å². The molecule has 24 nitrogen and oxygen atoms in total. The van der Waals surface area contributed by atoms with Gasteiger partial charge in [-0.15, -0.1) is 11.3 Å². The Balaban J connectivity index is 1.14. The van der Waals surface area contributed by atoms with Crippen LogP contribution in [0.25, 0.3) is 0 Å². The SMILES string of the molecule is CC[C@H](C)[C@@H]([C@@H](CC(=O)N1CCC[C@H]1[C@H](OC)[C@@H](C)C(=O)N[C@@H](Cc1ccccc1)c1nccs1)OC)N(C)C(=O)[C@@H](CC(=O)C(C)(C)NC(=O)OCc1ccc(NC(=O)[C@H](CCCNC(N)=O)CC(=O)[C@@H](NC(=O)CCCCCN2C(=O)CC(SC)C2=O)C(C)C)cc1)C(C)C. The van der Waals surface area contributed by atoms with E-state index in [0.717, 1.165) is 10.6 Å². The lowest BCUT2D eigenvalue weighted by atomic mass is 9.83. The fourth-order valence-corrected chi connectivity index (χ4v) is 14.1. The largest absolute Gasteiger partial charge is 0.445 e. The minimum Gasteiger partial charge on any atom is -0.445 e. The average molecular weight is 1390 g/mol. The van der Waals surface area contributed by atoms with E-state index in [9.17, 15) is 52.7 Å². The first-order valence-electron chi connectivity index (χ1n) is 34.0. The van der Waals surface area contributed by atoms with Crippen LogP contribution in [0.15, 0.2) is 66.2 Å². The van der Waals surface area contributed by atoms with Crippen molar-refractivity contribution >= 4 is 93.8 Å². The van der Waals surface area contributed by atoms with E-state index in [1.165, 1.54) is 35.1 Å². The molecule has 3 heterocycles. The van der Waals surface area contributed by atoms with E-state index < -0.39 is 77.4 Å². The van der Waals surface area contributed by atoms with Gasteiger partial charge in [-0.25, -0.2) is 14.6 Å². The summed E-state index contributed by atoms with van der Waals surface area (Å²) in [6.07, 6.45) is 5.78. The number of likely N-dealkylation sites (tertiary alicyclic amines) is 2. The molecule has 0 radical (unpaired) electrons. The second-order valence-electron chi connectivity index (χ2n) is 26.9. The van der Waals surface area contributed by atoms with Crippen molar-refractivity contribution < 1.29 is 67.0 Å². The molecule has 1 aromatic heterocycles. The number of ether oxygens (including phenoxy) is 3. The third-order valence-corrected chi connectivity index (χ3v) is 20.6. The fourth-order valence-electron chi connectivity index (χ4n) is 12.8. The number of rotatable bonds is 41. The Morgan fingerprint density at radius 1 is 0.845 bits per heavy atom. The highest BCUT2D eigenvalue weighted by atomic mass is 32.2. The minimum atomic E-state index is -1.47. The number of unbranched alkanes of at least 4 members (excludes halogenated alkanes) is 2. The third-order valence-electron chi connectivity index (χ3n) is 18.8.